The summed E-state index contributed by atoms with van der Waals surface area (Å²) < 4.78 is 8.97. The Morgan fingerprint density at radius 3 is 1.37 bits per heavy atom. The quantitative estimate of drug-likeness (QED) is 0.534. The van der Waals surface area contributed by atoms with Crippen molar-refractivity contribution in [1.29, 1.82) is 0 Å². The maximum absolute atomic E-state index is 11.9. The zero-order valence-corrected chi connectivity index (χ0v) is 17.3. The van der Waals surface area contributed by atoms with E-state index in [1.807, 2.05) is 38.1 Å². The molecule has 8 nitrogen and oxygen atoms in total. The van der Waals surface area contributed by atoms with Crippen LogP contribution in [0.15, 0.2) is 36.4 Å². The minimum Gasteiger partial charge on any atom is -0.469 e. The van der Waals surface area contributed by atoms with Crippen LogP contribution in [0.1, 0.15) is 24.0 Å². The van der Waals surface area contributed by atoms with Gasteiger partial charge in [0, 0.05) is 11.4 Å². The first-order chi connectivity index (χ1) is 14.2. The number of rotatable bonds is 7. The molecule has 2 aromatic carbocycles. The van der Waals surface area contributed by atoms with Crippen LogP contribution in [0.25, 0.3) is 11.1 Å². The standard InChI is InChI=1S/C22H24N2O6/c1-13-9-15(5-7-17(13)23-19(25)11-21(27)29-3)16-6-8-18(14(2)10-16)24-20(26)12-22(28)30-4/h5-10H,11-12H2,1-4H3,(H,23,25)(H,24,26). The van der Waals surface area contributed by atoms with Crippen molar-refractivity contribution in [3.8, 4) is 11.1 Å². The van der Waals surface area contributed by atoms with Crippen LogP contribution in [0.2, 0.25) is 0 Å². The van der Waals surface area contributed by atoms with E-state index in [2.05, 4.69) is 20.1 Å². The van der Waals surface area contributed by atoms with Crippen molar-refractivity contribution in [2.24, 2.45) is 0 Å². The van der Waals surface area contributed by atoms with E-state index < -0.39 is 23.8 Å². The summed E-state index contributed by atoms with van der Waals surface area (Å²) in [4.78, 5) is 46.1. The number of hydrogen-bond donors (Lipinski definition) is 2. The van der Waals surface area contributed by atoms with Crippen molar-refractivity contribution in [2.45, 2.75) is 26.7 Å². The van der Waals surface area contributed by atoms with Gasteiger partial charge in [0.2, 0.25) is 11.8 Å². The van der Waals surface area contributed by atoms with Gasteiger partial charge in [-0.15, -0.1) is 0 Å². The molecule has 0 saturated carbocycles. The predicted octanol–water partition coefficient (Wildman–Crippen LogP) is 2.97. The summed E-state index contributed by atoms with van der Waals surface area (Å²) in [6, 6.07) is 11.1. The Morgan fingerprint density at radius 2 is 1.07 bits per heavy atom. The largest absolute Gasteiger partial charge is 0.469 e. The highest BCUT2D eigenvalue weighted by Gasteiger charge is 2.13. The Bertz CT molecular complexity index is 904. The first kappa shape index (κ1) is 22.6. The molecule has 30 heavy (non-hydrogen) atoms. The lowest BCUT2D eigenvalue weighted by molar-refractivity contribution is -0.144. The van der Waals surface area contributed by atoms with Crippen molar-refractivity contribution in [3.63, 3.8) is 0 Å². The fourth-order valence-corrected chi connectivity index (χ4v) is 2.76. The van der Waals surface area contributed by atoms with Gasteiger partial charge in [-0.05, 0) is 60.4 Å². The van der Waals surface area contributed by atoms with Gasteiger partial charge in [0.1, 0.15) is 12.8 Å². The zero-order valence-electron chi connectivity index (χ0n) is 17.3. The van der Waals surface area contributed by atoms with E-state index >= 15 is 0 Å². The summed E-state index contributed by atoms with van der Waals surface area (Å²) >= 11 is 0. The number of nitrogens with one attached hydrogen (secondary N) is 2. The van der Waals surface area contributed by atoms with Crippen LogP contribution in [0, 0.1) is 13.8 Å². The monoisotopic (exact) mass is 412 g/mol. The number of carbonyl (C=O) groups excluding carboxylic acids is 4. The molecule has 2 rings (SSSR count). The lowest BCUT2D eigenvalue weighted by Crippen LogP contribution is -2.17. The number of carbonyl (C=O) groups is 4. The number of amides is 2. The summed E-state index contributed by atoms with van der Waals surface area (Å²) in [7, 11) is 2.46. The summed E-state index contributed by atoms with van der Waals surface area (Å²) in [6.07, 6.45) is -0.694. The molecule has 0 saturated heterocycles. The number of anilines is 2. The van der Waals surface area contributed by atoms with Crippen LogP contribution in [0.4, 0.5) is 11.4 Å². The summed E-state index contributed by atoms with van der Waals surface area (Å²) in [6.45, 7) is 3.71. The Kier molecular flexibility index (Phi) is 7.69. The van der Waals surface area contributed by atoms with E-state index in [-0.39, 0.29) is 12.8 Å². The Labute approximate surface area is 174 Å². The van der Waals surface area contributed by atoms with Crippen LogP contribution in [0.3, 0.4) is 0 Å². The third-order valence-electron chi connectivity index (χ3n) is 4.40. The maximum atomic E-state index is 11.9. The highest BCUT2D eigenvalue weighted by molar-refractivity contribution is 6.03. The van der Waals surface area contributed by atoms with E-state index in [1.165, 1.54) is 14.2 Å². The Balaban J connectivity index is 2.12. The molecule has 0 aliphatic carbocycles. The molecule has 0 aromatic heterocycles. The molecule has 0 unspecified atom stereocenters. The van der Waals surface area contributed by atoms with E-state index in [0.717, 1.165) is 22.3 Å². The fraction of sp³-hybridized carbons (Fsp3) is 0.273. The maximum Gasteiger partial charge on any atom is 0.315 e. The van der Waals surface area contributed by atoms with Gasteiger partial charge < -0.3 is 20.1 Å². The molecule has 0 fully saturated rings. The molecule has 2 amide bonds. The average molecular weight is 412 g/mol. The smallest absolute Gasteiger partial charge is 0.315 e. The topological polar surface area (TPSA) is 111 Å². The molecule has 0 aliphatic heterocycles. The fourth-order valence-electron chi connectivity index (χ4n) is 2.76. The van der Waals surface area contributed by atoms with Crippen LogP contribution >= 0.6 is 0 Å². The molecule has 8 heteroatoms. The summed E-state index contributed by atoms with van der Waals surface area (Å²) in [5.41, 5.74) is 4.73. The second kappa shape index (κ2) is 10.2. The molecule has 2 aromatic rings. The van der Waals surface area contributed by atoms with Crippen LogP contribution in [-0.2, 0) is 28.7 Å². The third-order valence-corrected chi connectivity index (χ3v) is 4.40. The molecule has 0 heterocycles. The van der Waals surface area contributed by atoms with Gasteiger partial charge in [0.15, 0.2) is 0 Å². The van der Waals surface area contributed by atoms with Crippen LogP contribution in [0.5, 0.6) is 0 Å². The molecule has 0 aliphatic rings. The van der Waals surface area contributed by atoms with Gasteiger partial charge in [-0.3, -0.25) is 19.2 Å². The van der Waals surface area contributed by atoms with Crippen LogP contribution < -0.4 is 10.6 Å². The highest BCUT2D eigenvalue weighted by Crippen LogP contribution is 2.28. The number of methoxy groups -OCH3 is 2. The molecule has 2 N–H and O–H groups in total. The number of esters is 2. The average Bonchev–Trinajstić information content (AvgIpc) is 2.70. The minimum absolute atomic E-state index is 0.347. The zero-order chi connectivity index (χ0) is 22.3. The van der Waals surface area contributed by atoms with Gasteiger partial charge >= 0.3 is 11.9 Å². The van der Waals surface area contributed by atoms with Crippen molar-refractivity contribution in [3.05, 3.63) is 47.5 Å². The Morgan fingerprint density at radius 1 is 0.700 bits per heavy atom. The van der Waals surface area contributed by atoms with Gasteiger partial charge in [-0.25, -0.2) is 0 Å². The van der Waals surface area contributed by atoms with E-state index in [0.29, 0.717) is 11.4 Å². The van der Waals surface area contributed by atoms with Crippen molar-refractivity contribution < 1.29 is 28.7 Å². The Hall–Kier alpha value is -3.68. The third kappa shape index (κ3) is 6.16. The molecule has 0 atom stereocenters. The van der Waals surface area contributed by atoms with Crippen molar-refractivity contribution >= 4 is 35.1 Å². The number of aryl methyl sites for hydroxylation is 2. The second-order valence-electron chi connectivity index (χ2n) is 6.66. The van der Waals surface area contributed by atoms with Gasteiger partial charge in [0.05, 0.1) is 14.2 Å². The number of benzene rings is 2. The molecule has 0 radical (unpaired) electrons. The van der Waals surface area contributed by atoms with Gasteiger partial charge in [-0.2, -0.15) is 0 Å². The highest BCUT2D eigenvalue weighted by atomic mass is 16.5. The normalized spacial score (nSPS) is 10.1. The summed E-state index contributed by atoms with van der Waals surface area (Å²) in [5, 5.41) is 5.38. The lowest BCUT2D eigenvalue weighted by atomic mass is 10.00. The summed E-state index contributed by atoms with van der Waals surface area (Å²) in [5.74, 6) is -2.09. The second-order valence-corrected chi connectivity index (χ2v) is 6.66. The molecular formula is C22H24N2O6. The molecule has 158 valence electrons. The molecular weight excluding hydrogens is 388 g/mol. The SMILES string of the molecule is COC(=O)CC(=O)Nc1ccc(-c2ccc(NC(=O)CC(=O)OC)c(C)c2)cc1C. The first-order valence-corrected chi connectivity index (χ1v) is 9.18. The first-order valence-electron chi connectivity index (χ1n) is 9.18. The lowest BCUT2D eigenvalue weighted by Gasteiger charge is -2.13. The van der Waals surface area contributed by atoms with Gasteiger partial charge in [-0.1, -0.05) is 12.1 Å². The van der Waals surface area contributed by atoms with E-state index in [9.17, 15) is 19.2 Å². The van der Waals surface area contributed by atoms with Crippen LogP contribution in [-0.4, -0.2) is 38.0 Å². The minimum atomic E-state index is -0.601. The molecule has 0 bridgehead atoms. The van der Waals surface area contributed by atoms with E-state index in [4.69, 9.17) is 0 Å². The van der Waals surface area contributed by atoms with Crippen molar-refractivity contribution in [2.75, 3.05) is 24.9 Å². The van der Waals surface area contributed by atoms with Gasteiger partial charge in [0.25, 0.3) is 0 Å². The molecule has 0 spiro atoms. The number of ether oxygens (including phenoxy) is 2. The van der Waals surface area contributed by atoms with E-state index in [1.54, 1.807) is 12.1 Å². The predicted molar refractivity (Wildman–Crippen MR) is 112 cm³/mol. The number of hydrogen-bond acceptors (Lipinski definition) is 6. The van der Waals surface area contributed by atoms with Crippen molar-refractivity contribution in [1.82, 2.24) is 0 Å².